The number of anilines is 1. The van der Waals surface area contributed by atoms with Crippen LogP contribution in [0.25, 0.3) is 0 Å². The van der Waals surface area contributed by atoms with Gasteiger partial charge in [0.15, 0.2) is 11.6 Å². The highest BCUT2D eigenvalue weighted by Gasteiger charge is 2.35. The molecule has 6 nitrogen and oxygen atoms in total. The quantitative estimate of drug-likeness (QED) is 0.762. The molecule has 2 aromatic carbocycles. The first-order valence-electron chi connectivity index (χ1n) is 8.68. The van der Waals surface area contributed by atoms with Crippen molar-refractivity contribution in [3.05, 3.63) is 58.4 Å². The van der Waals surface area contributed by atoms with Crippen LogP contribution in [0.4, 0.5) is 10.1 Å². The number of benzene rings is 2. The topological polar surface area (TPSA) is 73.9 Å². The van der Waals surface area contributed by atoms with Crippen molar-refractivity contribution >= 4 is 29.2 Å². The van der Waals surface area contributed by atoms with Crippen molar-refractivity contribution in [1.82, 2.24) is 0 Å². The van der Waals surface area contributed by atoms with Crippen molar-refractivity contribution < 1.29 is 28.2 Å². The van der Waals surface area contributed by atoms with Crippen LogP contribution in [0.5, 0.6) is 5.75 Å². The van der Waals surface area contributed by atoms with Gasteiger partial charge in [0.05, 0.1) is 20.1 Å². The third-order valence-corrected chi connectivity index (χ3v) is 4.52. The summed E-state index contributed by atoms with van der Waals surface area (Å²) in [4.78, 5) is 24.5. The Morgan fingerprint density at radius 2 is 2.07 bits per heavy atom. The highest BCUT2D eigenvalue weighted by Crippen LogP contribution is 2.41. The van der Waals surface area contributed by atoms with Gasteiger partial charge >= 0.3 is 5.97 Å². The van der Waals surface area contributed by atoms with E-state index < -0.39 is 29.9 Å². The van der Waals surface area contributed by atoms with Crippen molar-refractivity contribution in [3.8, 4) is 5.75 Å². The molecule has 0 aliphatic carbocycles. The molecule has 0 saturated carbocycles. The Balaban J connectivity index is 2.09. The molecule has 1 aliphatic rings. The summed E-state index contributed by atoms with van der Waals surface area (Å²) in [6.45, 7) is 1.86. The molecule has 0 bridgehead atoms. The molecule has 28 heavy (non-hydrogen) atoms. The predicted octanol–water partition coefficient (Wildman–Crippen LogP) is 3.87. The van der Waals surface area contributed by atoms with Gasteiger partial charge in [0.2, 0.25) is 0 Å². The van der Waals surface area contributed by atoms with Crippen LogP contribution in [0.15, 0.2) is 36.4 Å². The van der Waals surface area contributed by atoms with Gasteiger partial charge in [0.25, 0.3) is 5.91 Å². The van der Waals surface area contributed by atoms with Gasteiger partial charge in [-0.2, -0.15) is 0 Å². The Bertz CT molecular complexity index is 904. The lowest BCUT2D eigenvalue weighted by Crippen LogP contribution is -2.32. The molecule has 2 atom stereocenters. The molecular weight excluding hydrogens is 389 g/mol. The number of methoxy groups -OCH3 is 1. The molecule has 0 unspecified atom stereocenters. The van der Waals surface area contributed by atoms with Gasteiger partial charge in [0, 0.05) is 21.8 Å². The number of ether oxygens (including phenoxy) is 3. The average molecular weight is 408 g/mol. The summed E-state index contributed by atoms with van der Waals surface area (Å²) in [6.07, 6.45) is -2.31. The normalized spacial score (nSPS) is 18.6. The number of fused-ring (bicyclic) bond motifs is 1. The molecule has 0 spiro atoms. The maximum absolute atomic E-state index is 14.3. The first-order chi connectivity index (χ1) is 13.4. The van der Waals surface area contributed by atoms with E-state index in [9.17, 15) is 14.0 Å². The van der Waals surface area contributed by atoms with E-state index in [-0.39, 0.29) is 18.8 Å². The summed E-state index contributed by atoms with van der Waals surface area (Å²) in [5, 5.41) is 3.15. The molecule has 1 amide bonds. The Labute approximate surface area is 166 Å². The number of hydrogen-bond donors (Lipinski definition) is 1. The number of carbonyl (C=O) groups excluding carboxylic acids is 2. The van der Waals surface area contributed by atoms with E-state index in [4.69, 9.17) is 25.8 Å². The third kappa shape index (κ3) is 4.10. The van der Waals surface area contributed by atoms with E-state index in [0.717, 1.165) is 0 Å². The SMILES string of the molecule is CCOC(=O)C[C@H]1O[C@H](c2cccc(F)c2OC)c2cc(Cl)ccc2NC1=O. The molecule has 1 heterocycles. The fourth-order valence-corrected chi connectivity index (χ4v) is 3.26. The number of amides is 1. The number of nitrogens with one attached hydrogen (secondary N) is 1. The highest BCUT2D eigenvalue weighted by atomic mass is 35.5. The Hall–Kier alpha value is -2.64. The average Bonchev–Trinajstić information content (AvgIpc) is 2.78. The van der Waals surface area contributed by atoms with Crippen LogP contribution >= 0.6 is 11.6 Å². The zero-order valence-electron chi connectivity index (χ0n) is 15.3. The monoisotopic (exact) mass is 407 g/mol. The third-order valence-electron chi connectivity index (χ3n) is 4.29. The van der Waals surface area contributed by atoms with Crippen LogP contribution in [0.2, 0.25) is 5.02 Å². The summed E-state index contributed by atoms with van der Waals surface area (Å²) in [5.41, 5.74) is 1.35. The molecule has 1 N–H and O–H groups in total. The van der Waals surface area contributed by atoms with Gasteiger partial charge in [-0.25, -0.2) is 4.39 Å². The van der Waals surface area contributed by atoms with Gasteiger partial charge in [0.1, 0.15) is 12.2 Å². The molecule has 8 heteroatoms. The minimum absolute atomic E-state index is 0.0114. The van der Waals surface area contributed by atoms with Crippen LogP contribution in [-0.2, 0) is 19.1 Å². The summed E-state index contributed by atoms with van der Waals surface area (Å²) >= 11 is 6.14. The Morgan fingerprint density at radius 3 is 2.79 bits per heavy atom. The largest absolute Gasteiger partial charge is 0.493 e. The predicted molar refractivity (Wildman–Crippen MR) is 101 cm³/mol. The van der Waals surface area contributed by atoms with E-state index in [1.165, 1.54) is 19.2 Å². The molecule has 0 aromatic heterocycles. The van der Waals surface area contributed by atoms with Crippen molar-refractivity contribution in [2.45, 2.75) is 25.6 Å². The van der Waals surface area contributed by atoms with Crippen molar-refractivity contribution in [2.75, 3.05) is 19.0 Å². The van der Waals surface area contributed by atoms with Crippen LogP contribution in [0.3, 0.4) is 0 Å². The molecule has 0 fully saturated rings. The van der Waals surface area contributed by atoms with Crippen molar-refractivity contribution in [3.63, 3.8) is 0 Å². The zero-order chi connectivity index (χ0) is 20.3. The van der Waals surface area contributed by atoms with Crippen LogP contribution in [0.1, 0.15) is 30.6 Å². The molecule has 2 aromatic rings. The number of hydrogen-bond acceptors (Lipinski definition) is 5. The lowest BCUT2D eigenvalue weighted by molar-refractivity contribution is -0.150. The number of halogens is 2. The van der Waals surface area contributed by atoms with Gasteiger partial charge < -0.3 is 19.5 Å². The van der Waals surface area contributed by atoms with E-state index in [1.54, 1.807) is 31.2 Å². The van der Waals surface area contributed by atoms with Gasteiger partial charge in [-0.3, -0.25) is 9.59 Å². The summed E-state index contributed by atoms with van der Waals surface area (Å²) < 4.78 is 30.4. The highest BCUT2D eigenvalue weighted by molar-refractivity contribution is 6.30. The molecule has 0 radical (unpaired) electrons. The molecule has 1 aliphatic heterocycles. The van der Waals surface area contributed by atoms with Crippen molar-refractivity contribution in [1.29, 1.82) is 0 Å². The fourth-order valence-electron chi connectivity index (χ4n) is 3.08. The summed E-state index contributed by atoms with van der Waals surface area (Å²) in [5.74, 6) is -1.66. The van der Waals surface area contributed by atoms with Gasteiger partial charge in [-0.15, -0.1) is 0 Å². The maximum Gasteiger partial charge on any atom is 0.308 e. The van der Waals surface area contributed by atoms with Gasteiger partial charge in [-0.1, -0.05) is 23.7 Å². The first kappa shape index (κ1) is 20.1. The van der Waals surface area contributed by atoms with E-state index in [1.807, 2.05) is 0 Å². The van der Waals surface area contributed by atoms with E-state index in [0.29, 0.717) is 21.8 Å². The van der Waals surface area contributed by atoms with E-state index >= 15 is 0 Å². The number of para-hydroxylation sites is 1. The van der Waals surface area contributed by atoms with Gasteiger partial charge in [-0.05, 0) is 31.2 Å². The summed E-state index contributed by atoms with van der Waals surface area (Å²) in [6, 6.07) is 9.28. The molecule has 3 rings (SSSR count). The Morgan fingerprint density at radius 1 is 1.29 bits per heavy atom. The molecule has 148 valence electrons. The smallest absolute Gasteiger partial charge is 0.308 e. The van der Waals surface area contributed by atoms with Crippen LogP contribution in [-0.4, -0.2) is 31.7 Å². The fraction of sp³-hybridized carbons (Fsp3) is 0.300. The second-order valence-corrected chi connectivity index (χ2v) is 6.53. The lowest BCUT2D eigenvalue weighted by Gasteiger charge is -2.23. The number of carbonyl (C=O) groups is 2. The van der Waals surface area contributed by atoms with E-state index in [2.05, 4.69) is 5.32 Å². The minimum atomic E-state index is -1.14. The second kappa shape index (κ2) is 8.58. The maximum atomic E-state index is 14.3. The number of esters is 1. The molecular formula is C20H19ClFNO5. The number of rotatable bonds is 5. The first-order valence-corrected chi connectivity index (χ1v) is 9.06. The Kier molecular flexibility index (Phi) is 6.16. The lowest BCUT2D eigenvalue weighted by atomic mass is 9.98. The minimum Gasteiger partial charge on any atom is -0.493 e. The standard InChI is InChI=1S/C20H19ClFNO5/c1-3-27-17(24)10-16-20(25)23-15-8-7-11(21)9-13(15)18(28-16)12-5-4-6-14(22)19(12)26-2/h4-9,16,18H,3,10H2,1-2H3,(H,23,25)/t16-,18-/m1/s1. The summed E-state index contributed by atoms with van der Waals surface area (Å²) in [7, 11) is 1.34. The van der Waals surface area contributed by atoms with Crippen LogP contribution in [0, 0.1) is 5.82 Å². The van der Waals surface area contributed by atoms with Crippen molar-refractivity contribution in [2.24, 2.45) is 0 Å². The molecule has 0 saturated heterocycles. The zero-order valence-corrected chi connectivity index (χ0v) is 16.1. The second-order valence-electron chi connectivity index (χ2n) is 6.10. The van der Waals surface area contributed by atoms with Crippen LogP contribution < -0.4 is 10.1 Å².